The Bertz CT molecular complexity index is 735. The number of carbonyl (C=O) groups excluding carboxylic acids is 2. The van der Waals surface area contributed by atoms with Gasteiger partial charge in [-0.15, -0.1) is 0 Å². The van der Waals surface area contributed by atoms with E-state index in [-0.39, 0.29) is 11.1 Å². The molecule has 6 nitrogen and oxygen atoms in total. The van der Waals surface area contributed by atoms with Crippen LogP contribution < -0.4 is 4.74 Å². The fourth-order valence-electron chi connectivity index (χ4n) is 3.04. The molecule has 0 bridgehead atoms. The molecule has 0 spiro atoms. The first-order chi connectivity index (χ1) is 14.2. The third-order valence-corrected chi connectivity index (χ3v) is 4.63. The van der Waals surface area contributed by atoms with Crippen molar-refractivity contribution in [2.75, 3.05) is 27.4 Å². The Morgan fingerprint density at radius 3 is 2.03 bits per heavy atom. The van der Waals surface area contributed by atoms with E-state index in [4.69, 9.17) is 18.9 Å². The molecule has 1 heterocycles. The number of esters is 2. The van der Waals surface area contributed by atoms with Crippen LogP contribution in [0.15, 0.2) is 47.6 Å². The zero-order chi connectivity index (χ0) is 20.9. The Kier molecular flexibility index (Phi) is 10.00. The number of benzene rings is 1. The van der Waals surface area contributed by atoms with Crippen molar-refractivity contribution in [3.63, 3.8) is 0 Å². The Morgan fingerprint density at radius 1 is 0.828 bits per heavy atom. The number of hydrogen-bond acceptors (Lipinski definition) is 6. The summed E-state index contributed by atoms with van der Waals surface area (Å²) >= 11 is 0. The van der Waals surface area contributed by atoms with Gasteiger partial charge in [0.2, 0.25) is 0 Å². The Labute approximate surface area is 172 Å². The summed E-state index contributed by atoms with van der Waals surface area (Å²) in [6, 6.07) is 7.90. The molecule has 0 amide bonds. The van der Waals surface area contributed by atoms with E-state index in [0.717, 1.165) is 37.0 Å². The quantitative estimate of drug-likeness (QED) is 0.693. The van der Waals surface area contributed by atoms with Crippen LogP contribution >= 0.6 is 0 Å². The van der Waals surface area contributed by atoms with Gasteiger partial charge in [-0.25, -0.2) is 9.59 Å². The predicted octanol–water partition coefficient (Wildman–Crippen LogP) is 4.14. The number of hydrogen-bond donors (Lipinski definition) is 0. The van der Waals surface area contributed by atoms with Crippen molar-refractivity contribution >= 4 is 11.9 Å². The molecular weight excluding hydrogens is 372 g/mol. The van der Waals surface area contributed by atoms with Crippen molar-refractivity contribution in [3.05, 3.63) is 53.1 Å². The fourth-order valence-corrected chi connectivity index (χ4v) is 3.04. The van der Waals surface area contributed by atoms with Gasteiger partial charge in [0.15, 0.2) is 0 Å². The molecular formula is C23H30O6. The van der Waals surface area contributed by atoms with Crippen molar-refractivity contribution in [1.82, 2.24) is 0 Å². The molecule has 0 atom stereocenters. The molecule has 0 fully saturated rings. The van der Waals surface area contributed by atoms with E-state index >= 15 is 0 Å². The van der Waals surface area contributed by atoms with Gasteiger partial charge in [0.25, 0.3) is 0 Å². The molecule has 1 aliphatic heterocycles. The minimum absolute atomic E-state index is 0.256. The second-order valence-electron chi connectivity index (χ2n) is 6.72. The SMILES string of the molecule is COC(=O)C1=C\CCCCOCc2ccccc2OCCCC\C=C\1C(=O)OC. The highest BCUT2D eigenvalue weighted by atomic mass is 16.5. The van der Waals surface area contributed by atoms with Crippen molar-refractivity contribution in [1.29, 1.82) is 0 Å². The van der Waals surface area contributed by atoms with Crippen LogP contribution in [0.2, 0.25) is 0 Å². The zero-order valence-electron chi connectivity index (χ0n) is 17.3. The first kappa shape index (κ1) is 22.7. The van der Waals surface area contributed by atoms with Crippen molar-refractivity contribution < 1.29 is 28.5 Å². The van der Waals surface area contributed by atoms with Gasteiger partial charge in [-0.05, 0) is 44.6 Å². The average Bonchev–Trinajstić information content (AvgIpc) is 2.75. The molecule has 0 unspecified atom stereocenters. The largest absolute Gasteiger partial charge is 0.493 e. The Morgan fingerprint density at radius 2 is 1.41 bits per heavy atom. The lowest BCUT2D eigenvalue weighted by Gasteiger charge is -2.11. The Hall–Kier alpha value is -2.60. The number of fused-ring (bicyclic) bond motifs is 1. The topological polar surface area (TPSA) is 71.1 Å². The molecule has 1 aromatic rings. The van der Waals surface area contributed by atoms with E-state index in [1.807, 2.05) is 24.3 Å². The first-order valence-electron chi connectivity index (χ1n) is 10.0. The monoisotopic (exact) mass is 402 g/mol. The molecule has 1 aromatic carbocycles. The molecule has 0 aromatic heterocycles. The van der Waals surface area contributed by atoms with Crippen molar-refractivity contribution in [2.24, 2.45) is 0 Å². The van der Waals surface area contributed by atoms with Crippen LogP contribution in [0, 0.1) is 0 Å². The highest BCUT2D eigenvalue weighted by Gasteiger charge is 2.21. The lowest BCUT2D eigenvalue weighted by molar-refractivity contribution is -0.139. The number of rotatable bonds is 2. The number of ether oxygens (including phenoxy) is 4. The zero-order valence-corrected chi connectivity index (χ0v) is 17.3. The van der Waals surface area contributed by atoms with Crippen LogP contribution in [0.5, 0.6) is 5.75 Å². The van der Waals surface area contributed by atoms with Crippen LogP contribution in [0.4, 0.5) is 0 Å². The van der Waals surface area contributed by atoms with E-state index in [2.05, 4.69) is 0 Å². The highest BCUT2D eigenvalue weighted by Crippen LogP contribution is 2.21. The molecule has 0 N–H and O–H groups in total. The molecule has 0 radical (unpaired) electrons. The lowest BCUT2D eigenvalue weighted by atomic mass is 10.0. The summed E-state index contributed by atoms with van der Waals surface area (Å²) in [5.74, 6) is -0.222. The maximum absolute atomic E-state index is 12.2. The van der Waals surface area contributed by atoms with Gasteiger partial charge in [-0.1, -0.05) is 30.4 Å². The number of carbonyl (C=O) groups is 2. The number of para-hydroxylation sites is 1. The average molecular weight is 402 g/mol. The summed E-state index contributed by atoms with van der Waals surface area (Å²) in [5, 5.41) is 0. The second-order valence-corrected chi connectivity index (χ2v) is 6.72. The third kappa shape index (κ3) is 7.38. The molecule has 6 heteroatoms. The third-order valence-electron chi connectivity index (χ3n) is 4.63. The summed E-state index contributed by atoms with van der Waals surface area (Å²) in [6.45, 7) is 1.68. The highest BCUT2D eigenvalue weighted by molar-refractivity contribution is 6.06. The van der Waals surface area contributed by atoms with E-state index < -0.39 is 11.9 Å². The van der Waals surface area contributed by atoms with Gasteiger partial charge in [-0.2, -0.15) is 0 Å². The molecule has 158 valence electrons. The van der Waals surface area contributed by atoms with Gasteiger partial charge in [0.05, 0.1) is 38.6 Å². The summed E-state index contributed by atoms with van der Waals surface area (Å²) in [7, 11) is 2.62. The molecule has 2 rings (SSSR count). The van der Waals surface area contributed by atoms with Crippen LogP contribution in [0.25, 0.3) is 0 Å². The van der Waals surface area contributed by atoms with E-state index in [9.17, 15) is 9.59 Å². The van der Waals surface area contributed by atoms with Crippen LogP contribution in [-0.4, -0.2) is 39.4 Å². The molecule has 0 aliphatic carbocycles. The smallest absolute Gasteiger partial charge is 0.338 e. The normalized spacial score (nSPS) is 20.5. The summed E-state index contributed by atoms with van der Waals surface area (Å²) < 4.78 is 21.4. The molecule has 0 saturated carbocycles. The van der Waals surface area contributed by atoms with Gasteiger partial charge in [0.1, 0.15) is 5.75 Å². The first-order valence-corrected chi connectivity index (χ1v) is 10.0. The van der Waals surface area contributed by atoms with Gasteiger partial charge < -0.3 is 18.9 Å². The minimum atomic E-state index is -0.534. The minimum Gasteiger partial charge on any atom is -0.493 e. The number of methoxy groups -OCH3 is 2. The van der Waals surface area contributed by atoms with Crippen LogP contribution in [-0.2, 0) is 30.4 Å². The van der Waals surface area contributed by atoms with E-state index in [1.165, 1.54) is 14.2 Å². The molecule has 0 saturated heterocycles. The summed E-state index contributed by atoms with van der Waals surface area (Å²) in [6.07, 6.45) is 8.08. The van der Waals surface area contributed by atoms with E-state index in [0.29, 0.717) is 32.7 Å². The predicted molar refractivity (Wildman–Crippen MR) is 109 cm³/mol. The molecule has 1 aliphatic rings. The summed E-state index contributed by atoms with van der Waals surface area (Å²) in [5.41, 5.74) is 1.55. The van der Waals surface area contributed by atoms with Gasteiger partial charge in [0, 0.05) is 12.2 Å². The van der Waals surface area contributed by atoms with Crippen LogP contribution in [0.3, 0.4) is 0 Å². The maximum Gasteiger partial charge on any atom is 0.338 e. The van der Waals surface area contributed by atoms with Crippen molar-refractivity contribution in [2.45, 2.75) is 45.1 Å². The standard InChI is InChI=1S/C23H30O6/c1-26-22(24)19-12-5-3-9-15-28-17-18-11-7-8-14-21(18)29-16-10-4-6-13-20(19)23(25)27-2/h7-8,11-14H,3-6,9-10,15-17H2,1-2H3/b19-12-,20-13-. The maximum atomic E-state index is 12.2. The van der Waals surface area contributed by atoms with Gasteiger partial charge in [-0.3, -0.25) is 0 Å². The number of allylic oxidation sites excluding steroid dienone is 2. The van der Waals surface area contributed by atoms with E-state index in [1.54, 1.807) is 12.2 Å². The second kappa shape index (κ2) is 12.8. The fraction of sp³-hybridized carbons (Fsp3) is 0.478. The summed E-state index contributed by atoms with van der Waals surface area (Å²) in [4.78, 5) is 24.5. The van der Waals surface area contributed by atoms with Crippen LogP contribution in [0.1, 0.15) is 44.1 Å². The lowest BCUT2D eigenvalue weighted by Crippen LogP contribution is -2.15. The van der Waals surface area contributed by atoms with Gasteiger partial charge >= 0.3 is 11.9 Å². The van der Waals surface area contributed by atoms with Crippen molar-refractivity contribution in [3.8, 4) is 5.75 Å². The Balaban J connectivity index is 2.15. The molecule has 29 heavy (non-hydrogen) atoms.